The number of benzene rings is 1. The monoisotopic (exact) mass is 265 g/mol. The number of phenols is 1. The highest BCUT2D eigenvalue weighted by molar-refractivity contribution is 5.86. The molecular weight excluding hydrogens is 250 g/mol. The topological polar surface area (TPSA) is 98.1 Å². The summed E-state index contributed by atoms with van der Waals surface area (Å²) >= 11 is 0. The van der Waals surface area contributed by atoms with Crippen LogP contribution in [0, 0.1) is 5.92 Å². The van der Waals surface area contributed by atoms with Crippen molar-refractivity contribution in [2.75, 3.05) is 13.2 Å². The quantitative estimate of drug-likeness (QED) is 0.730. The summed E-state index contributed by atoms with van der Waals surface area (Å²) in [6.45, 7) is 0.0946. The van der Waals surface area contributed by atoms with Crippen LogP contribution in [0.2, 0.25) is 0 Å². The zero-order valence-corrected chi connectivity index (χ0v) is 10.2. The van der Waals surface area contributed by atoms with E-state index in [1.807, 2.05) is 0 Å². The van der Waals surface area contributed by atoms with Crippen molar-refractivity contribution < 1.29 is 24.9 Å². The van der Waals surface area contributed by atoms with E-state index in [-0.39, 0.29) is 37.1 Å². The highest BCUT2D eigenvalue weighted by Crippen LogP contribution is 2.29. The zero-order chi connectivity index (χ0) is 14.0. The van der Waals surface area contributed by atoms with Gasteiger partial charge in [0.2, 0.25) is 5.91 Å². The minimum atomic E-state index is -1.13. The summed E-state index contributed by atoms with van der Waals surface area (Å²) in [4.78, 5) is 24.5. The molecule has 0 bridgehead atoms. The molecule has 0 aromatic heterocycles. The number of carbonyl (C=O) groups is 2. The predicted octanol–water partition coefficient (Wildman–Crippen LogP) is 0.359. The lowest BCUT2D eigenvalue weighted by molar-refractivity contribution is -0.148. The van der Waals surface area contributed by atoms with Gasteiger partial charge in [-0.25, -0.2) is 4.79 Å². The van der Waals surface area contributed by atoms with Crippen LogP contribution in [-0.4, -0.2) is 45.2 Å². The fourth-order valence-corrected chi connectivity index (χ4v) is 2.29. The third-order valence-corrected chi connectivity index (χ3v) is 3.25. The number of aromatic hydroxyl groups is 1. The van der Waals surface area contributed by atoms with E-state index in [9.17, 15) is 19.8 Å². The average molecular weight is 265 g/mol. The predicted molar refractivity (Wildman–Crippen MR) is 65.4 cm³/mol. The van der Waals surface area contributed by atoms with Crippen molar-refractivity contribution in [3.05, 3.63) is 29.8 Å². The van der Waals surface area contributed by atoms with Gasteiger partial charge in [-0.1, -0.05) is 12.1 Å². The first-order chi connectivity index (χ1) is 9.02. The highest BCUT2D eigenvalue weighted by Gasteiger charge is 2.38. The van der Waals surface area contributed by atoms with Gasteiger partial charge in [-0.05, 0) is 17.7 Å². The Labute approximate surface area is 109 Å². The maximum Gasteiger partial charge on any atom is 0.331 e. The number of aliphatic hydroxyl groups is 1. The first-order valence-corrected chi connectivity index (χ1v) is 5.95. The highest BCUT2D eigenvalue weighted by atomic mass is 16.4. The number of carboxylic acids is 1. The summed E-state index contributed by atoms with van der Waals surface area (Å²) < 4.78 is 0. The lowest BCUT2D eigenvalue weighted by atomic mass is 10.1. The number of phenolic OH excluding ortho intramolecular Hbond substituents is 1. The molecule has 0 saturated carbocycles. The summed E-state index contributed by atoms with van der Waals surface area (Å²) in [5.74, 6) is -1.59. The molecule has 102 valence electrons. The molecule has 1 aliphatic heterocycles. The van der Waals surface area contributed by atoms with Gasteiger partial charge >= 0.3 is 5.97 Å². The van der Waals surface area contributed by atoms with Crippen LogP contribution in [0.5, 0.6) is 5.75 Å². The van der Waals surface area contributed by atoms with Crippen LogP contribution in [0.1, 0.15) is 18.0 Å². The maximum atomic E-state index is 11.8. The first kappa shape index (κ1) is 13.4. The number of carboxylic acid groups (broad SMARTS) is 1. The summed E-state index contributed by atoms with van der Waals surface area (Å²) in [5.41, 5.74) is 0.428. The van der Waals surface area contributed by atoms with Crippen molar-refractivity contribution in [1.29, 1.82) is 0 Å². The van der Waals surface area contributed by atoms with Crippen LogP contribution < -0.4 is 0 Å². The van der Waals surface area contributed by atoms with E-state index in [2.05, 4.69) is 0 Å². The van der Waals surface area contributed by atoms with Gasteiger partial charge in [0.15, 0.2) is 6.04 Å². The van der Waals surface area contributed by atoms with Crippen molar-refractivity contribution in [2.24, 2.45) is 5.92 Å². The largest absolute Gasteiger partial charge is 0.508 e. The van der Waals surface area contributed by atoms with Gasteiger partial charge in [-0.2, -0.15) is 0 Å². The van der Waals surface area contributed by atoms with Crippen LogP contribution in [0.25, 0.3) is 0 Å². The van der Waals surface area contributed by atoms with Gasteiger partial charge < -0.3 is 20.2 Å². The van der Waals surface area contributed by atoms with Crippen molar-refractivity contribution in [1.82, 2.24) is 4.90 Å². The zero-order valence-electron chi connectivity index (χ0n) is 10.2. The number of carbonyl (C=O) groups excluding carboxylic acids is 1. The molecule has 1 aliphatic rings. The fraction of sp³-hybridized carbons (Fsp3) is 0.385. The first-order valence-electron chi connectivity index (χ1n) is 5.95. The fourth-order valence-electron chi connectivity index (χ4n) is 2.29. The van der Waals surface area contributed by atoms with Crippen LogP contribution in [0.3, 0.4) is 0 Å². The molecule has 1 heterocycles. The molecule has 1 amide bonds. The van der Waals surface area contributed by atoms with E-state index in [1.165, 1.54) is 29.2 Å². The number of likely N-dealkylation sites (tertiary alicyclic amines) is 1. The van der Waals surface area contributed by atoms with Crippen LogP contribution in [0.15, 0.2) is 24.3 Å². The van der Waals surface area contributed by atoms with Crippen LogP contribution in [-0.2, 0) is 9.59 Å². The normalized spacial score (nSPS) is 20.6. The Hall–Kier alpha value is -2.08. The molecule has 1 aromatic rings. The third kappa shape index (κ3) is 2.68. The van der Waals surface area contributed by atoms with Crippen LogP contribution in [0.4, 0.5) is 0 Å². The molecule has 1 unspecified atom stereocenters. The smallest absolute Gasteiger partial charge is 0.331 e. The minimum absolute atomic E-state index is 0.0360. The minimum Gasteiger partial charge on any atom is -0.508 e. The molecule has 0 spiro atoms. The second-order valence-electron chi connectivity index (χ2n) is 4.63. The van der Waals surface area contributed by atoms with E-state index in [4.69, 9.17) is 5.11 Å². The van der Waals surface area contributed by atoms with Crippen molar-refractivity contribution >= 4 is 11.9 Å². The standard InChI is InChI=1S/C13H15NO5/c15-7-8-5-11(17)14(6-8)12(13(18)19)9-1-3-10(16)4-2-9/h1-4,8,12,15-16H,5-7H2,(H,18,19)/t8?,12-/m1/s1. The van der Waals surface area contributed by atoms with Gasteiger partial charge in [0.05, 0.1) is 0 Å². The molecule has 2 rings (SSSR count). The lowest BCUT2D eigenvalue weighted by Crippen LogP contribution is -2.35. The molecule has 0 radical (unpaired) electrons. The SMILES string of the molecule is O=C(O)[C@@H](c1ccc(O)cc1)N1CC(CO)CC1=O. The Morgan fingerprint density at radius 3 is 2.47 bits per heavy atom. The molecule has 2 atom stereocenters. The van der Waals surface area contributed by atoms with E-state index in [1.54, 1.807) is 0 Å². The number of hydrogen-bond acceptors (Lipinski definition) is 4. The molecule has 1 aromatic carbocycles. The number of amides is 1. The summed E-state index contributed by atoms with van der Waals surface area (Å²) in [7, 11) is 0. The van der Waals surface area contributed by atoms with Gasteiger partial charge in [-0.15, -0.1) is 0 Å². The van der Waals surface area contributed by atoms with Crippen molar-refractivity contribution in [2.45, 2.75) is 12.5 Å². The summed E-state index contributed by atoms with van der Waals surface area (Å²) in [5, 5.41) is 27.6. The van der Waals surface area contributed by atoms with Gasteiger partial charge in [0.25, 0.3) is 0 Å². The van der Waals surface area contributed by atoms with E-state index >= 15 is 0 Å². The number of hydrogen-bond donors (Lipinski definition) is 3. The van der Waals surface area contributed by atoms with E-state index < -0.39 is 12.0 Å². The Morgan fingerprint density at radius 2 is 2.00 bits per heavy atom. The Bertz CT molecular complexity index is 484. The molecule has 19 heavy (non-hydrogen) atoms. The summed E-state index contributed by atoms with van der Waals surface area (Å²) in [6, 6.07) is 4.65. The van der Waals surface area contributed by atoms with Gasteiger partial charge in [0.1, 0.15) is 5.75 Å². The molecular formula is C13H15NO5. The molecule has 0 aliphatic carbocycles. The molecule has 6 nitrogen and oxygen atoms in total. The molecule has 1 saturated heterocycles. The van der Waals surface area contributed by atoms with E-state index in [0.29, 0.717) is 5.56 Å². The van der Waals surface area contributed by atoms with E-state index in [0.717, 1.165) is 0 Å². The van der Waals surface area contributed by atoms with Crippen molar-refractivity contribution in [3.8, 4) is 5.75 Å². The van der Waals surface area contributed by atoms with Crippen LogP contribution >= 0.6 is 0 Å². The Morgan fingerprint density at radius 1 is 1.37 bits per heavy atom. The number of nitrogens with zero attached hydrogens (tertiary/aromatic N) is 1. The summed E-state index contributed by atoms with van der Waals surface area (Å²) in [6.07, 6.45) is 0.165. The average Bonchev–Trinajstić information content (AvgIpc) is 2.73. The second-order valence-corrected chi connectivity index (χ2v) is 4.63. The van der Waals surface area contributed by atoms with Gasteiger partial charge in [0, 0.05) is 25.5 Å². The Kier molecular flexibility index (Phi) is 3.71. The van der Waals surface area contributed by atoms with Crippen molar-refractivity contribution in [3.63, 3.8) is 0 Å². The number of rotatable bonds is 4. The number of aliphatic hydroxyl groups excluding tert-OH is 1. The maximum absolute atomic E-state index is 11.8. The Balaban J connectivity index is 2.28. The molecule has 6 heteroatoms. The molecule has 1 fully saturated rings. The molecule has 3 N–H and O–H groups in total. The van der Waals surface area contributed by atoms with Gasteiger partial charge in [-0.3, -0.25) is 4.79 Å². The third-order valence-electron chi connectivity index (χ3n) is 3.25. The second kappa shape index (κ2) is 5.27. The number of aliphatic carboxylic acids is 1. The lowest BCUT2D eigenvalue weighted by Gasteiger charge is -2.25.